The maximum Gasteiger partial charge on any atom is 0.334 e. The summed E-state index contributed by atoms with van der Waals surface area (Å²) in [6, 6.07) is 0. The summed E-state index contributed by atoms with van der Waals surface area (Å²) < 4.78 is 19.3. The van der Waals surface area contributed by atoms with E-state index in [1.165, 1.54) is 22.4 Å². The number of aliphatic imine (C=N–C) groups is 1. The molecule has 7 nitrogen and oxygen atoms in total. The molecule has 0 radical (unpaired) electrons. The highest BCUT2D eigenvalue weighted by Crippen LogP contribution is 2.55. The van der Waals surface area contributed by atoms with Crippen LogP contribution in [-0.4, -0.2) is 64.2 Å². The molecule has 6 aliphatic rings. The lowest BCUT2D eigenvalue weighted by molar-refractivity contribution is -0.345. The van der Waals surface area contributed by atoms with Gasteiger partial charge in [0.25, 0.3) is 0 Å². The Kier molecular flexibility index (Phi) is 9.62. The molecule has 0 aromatic carbocycles. The Balaban J connectivity index is 1.43. The third kappa shape index (κ3) is 6.39. The molecule has 5 heterocycles. The lowest BCUT2D eigenvalue weighted by Crippen LogP contribution is -2.59. The molecule has 1 aliphatic carbocycles. The van der Waals surface area contributed by atoms with Crippen LogP contribution in [0.25, 0.3) is 0 Å². The van der Waals surface area contributed by atoms with Gasteiger partial charge in [0.15, 0.2) is 5.79 Å². The number of carbonyl (C=O) groups excluding carboxylic acids is 1. The van der Waals surface area contributed by atoms with Crippen molar-refractivity contribution in [1.82, 2.24) is 0 Å². The molecule has 0 amide bonds. The minimum absolute atomic E-state index is 0.0239. The van der Waals surface area contributed by atoms with Gasteiger partial charge in [-0.3, -0.25) is 4.99 Å². The zero-order valence-electron chi connectivity index (χ0n) is 29.9. The second-order valence-electron chi connectivity index (χ2n) is 16.6. The van der Waals surface area contributed by atoms with Gasteiger partial charge >= 0.3 is 5.97 Å². The molecule has 47 heavy (non-hydrogen) atoms. The van der Waals surface area contributed by atoms with Gasteiger partial charge in [-0.25, -0.2) is 4.79 Å². The number of aliphatic hydroxyl groups is 2. The molecule has 6 rings (SSSR count). The molecule has 260 valence electrons. The molecule has 0 aromatic rings. The van der Waals surface area contributed by atoms with Crippen LogP contribution in [-0.2, 0) is 19.0 Å². The van der Waals surface area contributed by atoms with E-state index in [9.17, 15) is 15.0 Å². The summed E-state index contributed by atoms with van der Waals surface area (Å²) in [5, 5.41) is 23.4. The summed E-state index contributed by atoms with van der Waals surface area (Å²) in [7, 11) is 0. The fourth-order valence-electron chi connectivity index (χ4n) is 9.66. The average Bonchev–Trinajstić information content (AvgIpc) is 3.47. The molecule has 2 N–H and O–H groups in total. The van der Waals surface area contributed by atoms with Gasteiger partial charge < -0.3 is 24.4 Å². The van der Waals surface area contributed by atoms with Gasteiger partial charge in [0.1, 0.15) is 11.7 Å². The third-order valence-corrected chi connectivity index (χ3v) is 13.1. The molecular formula is C40H59NO6. The van der Waals surface area contributed by atoms with Crippen molar-refractivity contribution in [3.8, 4) is 0 Å². The second kappa shape index (κ2) is 13.0. The zero-order chi connectivity index (χ0) is 33.9. The van der Waals surface area contributed by atoms with E-state index in [2.05, 4.69) is 47.3 Å². The minimum atomic E-state index is -1.10. The first-order chi connectivity index (χ1) is 22.1. The van der Waals surface area contributed by atoms with Crippen molar-refractivity contribution in [3.63, 3.8) is 0 Å². The highest BCUT2D eigenvalue weighted by molar-refractivity contribution is 5.92. The Labute approximate surface area is 282 Å². The number of aliphatic hydroxyl groups excluding tert-OH is 1. The van der Waals surface area contributed by atoms with Gasteiger partial charge in [-0.15, -0.1) is 0 Å². The first-order valence-electron chi connectivity index (χ1n) is 18.4. The van der Waals surface area contributed by atoms with Crippen molar-refractivity contribution in [2.24, 2.45) is 34.1 Å². The highest BCUT2D eigenvalue weighted by atomic mass is 16.7. The summed E-state index contributed by atoms with van der Waals surface area (Å²) in [5.41, 5.74) is 5.24. The minimum Gasteiger partial charge on any atom is -0.450 e. The van der Waals surface area contributed by atoms with Crippen molar-refractivity contribution in [2.75, 3.05) is 6.54 Å². The lowest BCUT2D eigenvalue weighted by atomic mass is 9.56. The van der Waals surface area contributed by atoms with Crippen molar-refractivity contribution in [2.45, 2.75) is 155 Å². The largest absolute Gasteiger partial charge is 0.450 e. The molecule has 0 aromatic heterocycles. The van der Waals surface area contributed by atoms with Gasteiger partial charge in [0, 0.05) is 42.0 Å². The number of cyclic esters (lactones) is 1. The van der Waals surface area contributed by atoms with Crippen LogP contribution < -0.4 is 0 Å². The van der Waals surface area contributed by atoms with E-state index in [0.29, 0.717) is 36.7 Å². The SMILES string of the molecule is C=C1CCCC2=NCC(C)C(C)CC23CCC(C2C=C(C)C(=O)O2)=C(C)C3C=C(C)C(O)CC2OC3(CC2C)OC(CCC3(C)O)C1. The Morgan fingerprint density at radius 2 is 1.74 bits per heavy atom. The molecule has 11 unspecified atom stereocenters. The maximum absolute atomic E-state index is 12.5. The van der Waals surface area contributed by atoms with Crippen molar-refractivity contribution < 1.29 is 29.2 Å². The van der Waals surface area contributed by atoms with Crippen molar-refractivity contribution in [1.29, 1.82) is 0 Å². The monoisotopic (exact) mass is 649 g/mol. The number of nitrogens with zero attached hydrogens (tertiary/aromatic N) is 1. The van der Waals surface area contributed by atoms with Crippen LogP contribution >= 0.6 is 0 Å². The van der Waals surface area contributed by atoms with Crippen molar-refractivity contribution in [3.05, 3.63) is 46.6 Å². The smallest absolute Gasteiger partial charge is 0.334 e. The zero-order valence-corrected chi connectivity index (χ0v) is 29.9. The maximum atomic E-state index is 12.5. The number of ether oxygens (including phenoxy) is 3. The molecule has 2 fully saturated rings. The van der Waals surface area contributed by atoms with E-state index in [-0.39, 0.29) is 41.5 Å². The molecule has 3 bridgehead atoms. The molecule has 0 saturated carbocycles. The van der Waals surface area contributed by atoms with Crippen LogP contribution in [0.1, 0.15) is 119 Å². The molecule has 2 saturated heterocycles. The molecular weight excluding hydrogens is 590 g/mol. The van der Waals surface area contributed by atoms with Crippen LogP contribution in [0.4, 0.5) is 0 Å². The fourth-order valence-corrected chi connectivity index (χ4v) is 9.66. The molecule has 7 heteroatoms. The van der Waals surface area contributed by atoms with E-state index in [4.69, 9.17) is 19.2 Å². The van der Waals surface area contributed by atoms with E-state index in [0.717, 1.165) is 63.5 Å². The number of hydrogen-bond donors (Lipinski definition) is 2. The normalized spacial score (nSPS) is 45.2. The standard InChI is InChI=1S/C40H59NO6/c1-23-10-9-11-36-39(20-26(4)28(6)22-41-36)15-13-31(35-18-25(3)37(43)45-35)29(7)32(39)17-24(2)33(42)19-34-27(5)21-40(47-34)38(8,44)14-12-30(16-23)46-40/h17-18,26-28,30,32-35,42,44H,1,9-16,19-22H2,2-8H3. The van der Waals surface area contributed by atoms with Crippen molar-refractivity contribution >= 4 is 11.7 Å². The van der Waals surface area contributed by atoms with E-state index < -0.39 is 17.5 Å². The quantitative estimate of drug-likeness (QED) is 0.225. The number of allylic oxidation sites excluding steroid dienone is 2. The first kappa shape index (κ1) is 34.8. The van der Waals surface area contributed by atoms with E-state index in [1.54, 1.807) is 0 Å². The molecule has 2 spiro atoms. The molecule has 11 atom stereocenters. The molecule has 5 aliphatic heterocycles. The summed E-state index contributed by atoms with van der Waals surface area (Å²) in [6.07, 6.45) is 11.8. The Hall–Kier alpha value is -2.06. The number of hydrogen-bond acceptors (Lipinski definition) is 7. The Bertz CT molecular complexity index is 1390. The number of fused-ring (bicyclic) bond motifs is 2. The first-order valence-corrected chi connectivity index (χ1v) is 18.4. The number of carbonyl (C=O) groups is 1. The van der Waals surface area contributed by atoms with Gasteiger partial charge in [0.2, 0.25) is 0 Å². The predicted octanol–water partition coefficient (Wildman–Crippen LogP) is 7.57. The lowest BCUT2D eigenvalue weighted by Gasteiger charge is -2.48. The number of esters is 1. The van der Waals surface area contributed by atoms with Crippen LogP contribution in [0.2, 0.25) is 0 Å². The van der Waals surface area contributed by atoms with Crippen LogP contribution in [0.5, 0.6) is 0 Å². The topological polar surface area (TPSA) is 97.6 Å². The van der Waals surface area contributed by atoms with Gasteiger partial charge in [-0.05, 0) is 120 Å². The Morgan fingerprint density at radius 1 is 0.979 bits per heavy atom. The van der Waals surface area contributed by atoms with E-state index in [1.807, 2.05) is 19.9 Å². The van der Waals surface area contributed by atoms with Gasteiger partial charge in [0.05, 0.1) is 18.3 Å². The highest BCUT2D eigenvalue weighted by Gasteiger charge is 2.60. The van der Waals surface area contributed by atoms with Crippen LogP contribution in [0, 0.1) is 29.1 Å². The van der Waals surface area contributed by atoms with Crippen LogP contribution in [0.3, 0.4) is 0 Å². The summed E-state index contributed by atoms with van der Waals surface area (Å²) in [5.74, 6) is -0.184. The third-order valence-electron chi connectivity index (χ3n) is 13.1. The summed E-state index contributed by atoms with van der Waals surface area (Å²) in [6.45, 7) is 20.1. The van der Waals surface area contributed by atoms with E-state index >= 15 is 0 Å². The number of rotatable bonds is 1. The van der Waals surface area contributed by atoms with Gasteiger partial charge in [-0.2, -0.15) is 0 Å². The van der Waals surface area contributed by atoms with Crippen LogP contribution in [0.15, 0.2) is 51.6 Å². The average molecular weight is 650 g/mol. The summed E-state index contributed by atoms with van der Waals surface area (Å²) >= 11 is 0. The van der Waals surface area contributed by atoms with Gasteiger partial charge in [-0.1, -0.05) is 44.6 Å². The predicted molar refractivity (Wildman–Crippen MR) is 185 cm³/mol. The Morgan fingerprint density at radius 3 is 2.47 bits per heavy atom. The fraction of sp³-hybridized carbons (Fsp3) is 0.750. The summed E-state index contributed by atoms with van der Waals surface area (Å²) in [4.78, 5) is 17.9. The second-order valence-corrected chi connectivity index (χ2v) is 16.6.